The molecular formula is C23H18N2O4. The van der Waals surface area contributed by atoms with Crippen molar-refractivity contribution in [3.8, 4) is 17.2 Å². The van der Waals surface area contributed by atoms with Crippen LogP contribution in [0.3, 0.4) is 0 Å². The van der Waals surface area contributed by atoms with E-state index in [4.69, 9.17) is 14.2 Å². The van der Waals surface area contributed by atoms with Crippen LogP contribution in [-0.4, -0.2) is 18.4 Å². The van der Waals surface area contributed by atoms with Crippen molar-refractivity contribution in [1.82, 2.24) is 5.43 Å². The van der Waals surface area contributed by atoms with Gasteiger partial charge in [-0.05, 0) is 35.9 Å². The fraction of sp³-hybridized carbons (Fsp3) is 0.130. The van der Waals surface area contributed by atoms with E-state index in [2.05, 4.69) is 10.5 Å². The molecule has 0 saturated carbocycles. The molecule has 0 bridgehead atoms. The number of hydrogen-bond donors (Lipinski definition) is 1. The topological polar surface area (TPSA) is 69.2 Å². The summed E-state index contributed by atoms with van der Waals surface area (Å²) in [5.41, 5.74) is 5.85. The zero-order valence-corrected chi connectivity index (χ0v) is 15.5. The van der Waals surface area contributed by atoms with Gasteiger partial charge in [0.15, 0.2) is 11.5 Å². The van der Waals surface area contributed by atoms with Crippen molar-refractivity contribution in [2.45, 2.75) is 12.5 Å². The molecule has 3 aromatic rings. The standard InChI is InChI=1S/C23H18N2O4/c26-23(16-10-11-20-22(12-16)28-14-27-20)25-24-18-13-21(15-6-2-1-3-7-15)29-19-9-5-4-8-17(18)19/h1-12,21H,13-14H2,(H,25,26)/t21-/m1/s1. The smallest absolute Gasteiger partial charge is 0.271 e. The van der Waals surface area contributed by atoms with Crippen LogP contribution in [0.5, 0.6) is 17.2 Å². The molecule has 0 fully saturated rings. The van der Waals surface area contributed by atoms with Crippen molar-refractivity contribution >= 4 is 11.6 Å². The van der Waals surface area contributed by atoms with Crippen molar-refractivity contribution in [2.75, 3.05) is 6.79 Å². The number of nitrogens with one attached hydrogen (secondary N) is 1. The molecule has 6 nitrogen and oxygen atoms in total. The van der Waals surface area contributed by atoms with Gasteiger partial charge in [-0.1, -0.05) is 42.5 Å². The molecular weight excluding hydrogens is 368 g/mol. The van der Waals surface area contributed by atoms with Gasteiger partial charge in [0.2, 0.25) is 6.79 Å². The Hall–Kier alpha value is -3.80. The number of ether oxygens (including phenoxy) is 3. The summed E-state index contributed by atoms with van der Waals surface area (Å²) < 4.78 is 16.8. The van der Waals surface area contributed by atoms with E-state index in [0.717, 1.165) is 22.6 Å². The highest BCUT2D eigenvalue weighted by molar-refractivity contribution is 6.05. The predicted molar refractivity (Wildman–Crippen MR) is 107 cm³/mol. The summed E-state index contributed by atoms with van der Waals surface area (Å²) in [5, 5.41) is 4.44. The van der Waals surface area contributed by atoms with Gasteiger partial charge < -0.3 is 14.2 Å². The number of carbonyl (C=O) groups excluding carboxylic acids is 1. The van der Waals surface area contributed by atoms with E-state index in [1.54, 1.807) is 18.2 Å². The van der Waals surface area contributed by atoms with Crippen molar-refractivity contribution in [1.29, 1.82) is 0 Å². The van der Waals surface area contributed by atoms with Gasteiger partial charge in [-0.2, -0.15) is 5.10 Å². The molecule has 0 radical (unpaired) electrons. The van der Waals surface area contributed by atoms with Gasteiger partial charge in [0, 0.05) is 17.5 Å². The number of para-hydroxylation sites is 1. The third kappa shape index (κ3) is 3.40. The van der Waals surface area contributed by atoms with Crippen LogP contribution >= 0.6 is 0 Å². The van der Waals surface area contributed by atoms with E-state index in [-0.39, 0.29) is 18.8 Å². The van der Waals surface area contributed by atoms with Crippen molar-refractivity contribution in [3.05, 3.63) is 89.5 Å². The second-order valence-electron chi connectivity index (χ2n) is 6.78. The van der Waals surface area contributed by atoms with Crippen LogP contribution in [0, 0.1) is 0 Å². The predicted octanol–water partition coefficient (Wildman–Crippen LogP) is 4.07. The Bertz CT molecular complexity index is 1100. The van der Waals surface area contributed by atoms with Crippen molar-refractivity contribution in [3.63, 3.8) is 0 Å². The summed E-state index contributed by atoms with van der Waals surface area (Å²) in [6, 6.07) is 22.8. The van der Waals surface area contributed by atoms with Gasteiger partial charge in [-0.15, -0.1) is 0 Å². The summed E-state index contributed by atoms with van der Waals surface area (Å²) in [6.45, 7) is 0.167. The minimum absolute atomic E-state index is 0.160. The lowest BCUT2D eigenvalue weighted by Gasteiger charge is -2.27. The molecule has 0 aromatic heterocycles. The highest BCUT2D eigenvalue weighted by Crippen LogP contribution is 2.35. The Balaban J connectivity index is 1.41. The molecule has 6 heteroatoms. The van der Waals surface area contributed by atoms with E-state index >= 15 is 0 Å². The summed E-state index contributed by atoms with van der Waals surface area (Å²) in [7, 11) is 0. The van der Waals surface area contributed by atoms with Crippen molar-refractivity contribution in [2.24, 2.45) is 5.10 Å². The van der Waals surface area contributed by atoms with Crippen molar-refractivity contribution < 1.29 is 19.0 Å². The highest BCUT2D eigenvalue weighted by Gasteiger charge is 2.26. The average Bonchev–Trinajstić information content (AvgIpc) is 3.25. The van der Waals surface area contributed by atoms with E-state index in [1.165, 1.54) is 0 Å². The number of hydrazone groups is 1. The van der Waals surface area contributed by atoms with E-state index in [9.17, 15) is 4.79 Å². The quantitative estimate of drug-likeness (QED) is 0.689. The molecule has 144 valence electrons. The number of rotatable bonds is 3. The van der Waals surface area contributed by atoms with E-state index in [0.29, 0.717) is 23.5 Å². The summed E-state index contributed by atoms with van der Waals surface area (Å²) >= 11 is 0. The zero-order chi connectivity index (χ0) is 19.6. The number of benzene rings is 3. The number of amides is 1. The number of hydrogen-bond acceptors (Lipinski definition) is 5. The largest absolute Gasteiger partial charge is 0.485 e. The van der Waals surface area contributed by atoms with Gasteiger partial charge >= 0.3 is 0 Å². The Morgan fingerprint density at radius 1 is 0.897 bits per heavy atom. The van der Waals surface area contributed by atoms with Crippen LogP contribution < -0.4 is 19.6 Å². The fourth-order valence-electron chi connectivity index (χ4n) is 3.47. The molecule has 0 saturated heterocycles. The van der Waals surface area contributed by atoms with Gasteiger partial charge in [-0.3, -0.25) is 4.79 Å². The molecule has 2 aliphatic rings. The number of carbonyl (C=O) groups is 1. The van der Waals surface area contributed by atoms with Crippen LogP contribution in [0.4, 0.5) is 0 Å². The minimum atomic E-state index is -0.309. The molecule has 0 aliphatic carbocycles. The van der Waals surface area contributed by atoms with Crippen LogP contribution in [0.2, 0.25) is 0 Å². The molecule has 5 rings (SSSR count). The zero-order valence-electron chi connectivity index (χ0n) is 15.5. The van der Waals surface area contributed by atoms with E-state index in [1.807, 2.05) is 54.6 Å². The maximum atomic E-state index is 12.6. The first-order chi connectivity index (χ1) is 14.3. The lowest BCUT2D eigenvalue weighted by atomic mass is 9.96. The molecule has 2 aliphatic heterocycles. The van der Waals surface area contributed by atoms with E-state index < -0.39 is 0 Å². The Labute approximate surface area is 167 Å². The van der Waals surface area contributed by atoms with Crippen LogP contribution in [-0.2, 0) is 0 Å². The van der Waals surface area contributed by atoms with Crippen LogP contribution in [0.25, 0.3) is 0 Å². The van der Waals surface area contributed by atoms with Crippen LogP contribution in [0.15, 0.2) is 77.9 Å². The summed E-state index contributed by atoms with van der Waals surface area (Å²) in [4.78, 5) is 12.6. The molecule has 29 heavy (non-hydrogen) atoms. The first-order valence-electron chi connectivity index (χ1n) is 9.35. The van der Waals surface area contributed by atoms with Crippen LogP contribution in [0.1, 0.15) is 34.0 Å². The Morgan fingerprint density at radius 3 is 2.59 bits per heavy atom. The molecule has 1 amide bonds. The van der Waals surface area contributed by atoms with Gasteiger partial charge in [0.05, 0.1) is 5.71 Å². The second kappa shape index (κ2) is 7.31. The first-order valence-corrected chi connectivity index (χ1v) is 9.35. The SMILES string of the molecule is O=C(NN=C1C[C@H](c2ccccc2)Oc2ccccc21)c1ccc2c(c1)OCO2. The summed E-state index contributed by atoms with van der Waals surface area (Å²) in [5.74, 6) is 1.64. The second-order valence-corrected chi connectivity index (χ2v) is 6.78. The Morgan fingerprint density at radius 2 is 1.69 bits per heavy atom. The Kier molecular flexibility index (Phi) is 4.37. The normalized spacial score (nSPS) is 18.1. The maximum absolute atomic E-state index is 12.6. The third-order valence-electron chi connectivity index (χ3n) is 4.94. The number of fused-ring (bicyclic) bond motifs is 2. The molecule has 0 unspecified atom stereocenters. The average molecular weight is 386 g/mol. The highest BCUT2D eigenvalue weighted by atomic mass is 16.7. The first kappa shape index (κ1) is 17.3. The van der Waals surface area contributed by atoms with Gasteiger partial charge in [-0.25, -0.2) is 5.43 Å². The summed E-state index contributed by atoms with van der Waals surface area (Å²) in [6.07, 6.45) is 0.398. The van der Waals surface area contributed by atoms with Gasteiger partial charge in [0.25, 0.3) is 5.91 Å². The third-order valence-corrected chi connectivity index (χ3v) is 4.94. The lowest BCUT2D eigenvalue weighted by molar-refractivity contribution is 0.0954. The fourth-order valence-corrected chi connectivity index (χ4v) is 3.47. The molecule has 1 atom stereocenters. The molecule has 0 spiro atoms. The van der Waals surface area contributed by atoms with Gasteiger partial charge in [0.1, 0.15) is 11.9 Å². The molecule has 1 N–H and O–H groups in total. The maximum Gasteiger partial charge on any atom is 0.271 e. The molecule has 2 heterocycles. The monoisotopic (exact) mass is 386 g/mol. The number of nitrogens with zero attached hydrogens (tertiary/aromatic N) is 1. The minimum Gasteiger partial charge on any atom is -0.485 e. The lowest BCUT2D eigenvalue weighted by Crippen LogP contribution is -2.25. The molecule has 3 aromatic carbocycles.